The maximum atomic E-state index is 11.6. The summed E-state index contributed by atoms with van der Waals surface area (Å²) in [6, 6.07) is 10.1. The van der Waals surface area contributed by atoms with Crippen LogP contribution in [0.25, 0.3) is 22.5 Å². The van der Waals surface area contributed by atoms with E-state index in [1.807, 2.05) is 19.9 Å². The number of hydrogen-bond acceptors (Lipinski definition) is 8. The standard InChI is InChI=1S/C14H15ClN2O3.C13H13ClN2O3.CH4O/c1-8-4-5-9(14(18)20-3)6-10(8)12-13(15)17-11(16-12)7-19-2;1-7-3-4-8(13(17)18)5-9(7)11-12(14)16-10(15-11)6-19-2;1-2/h4-6H,7H2,1-3H3,(H,16,17);3-5H,6H2,1-2H3,(H,15,16)(H,17,18);2H,1H3. The summed E-state index contributed by atoms with van der Waals surface area (Å²) in [4.78, 5) is 37.2. The van der Waals surface area contributed by atoms with Gasteiger partial charge in [0.05, 0.1) is 18.2 Å². The van der Waals surface area contributed by atoms with Crippen LogP contribution in [-0.2, 0) is 27.4 Å². The van der Waals surface area contributed by atoms with Crippen molar-refractivity contribution >= 4 is 35.1 Å². The molecule has 0 spiro atoms. The van der Waals surface area contributed by atoms with Gasteiger partial charge in [0, 0.05) is 32.5 Å². The highest BCUT2D eigenvalue weighted by atomic mass is 35.5. The number of carboxylic acid groups (broad SMARTS) is 1. The summed E-state index contributed by atoms with van der Waals surface area (Å²) in [6.45, 7) is 4.46. The van der Waals surface area contributed by atoms with Crippen molar-refractivity contribution in [2.24, 2.45) is 0 Å². The number of aryl methyl sites for hydroxylation is 2. The van der Waals surface area contributed by atoms with Crippen LogP contribution in [0.2, 0.25) is 10.3 Å². The van der Waals surface area contributed by atoms with E-state index >= 15 is 0 Å². The minimum atomic E-state index is -0.981. The quantitative estimate of drug-likeness (QED) is 0.191. The minimum Gasteiger partial charge on any atom is -0.478 e. The van der Waals surface area contributed by atoms with Gasteiger partial charge in [-0.25, -0.2) is 19.6 Å². The van der Waals surface area contributed by atoms with E-state index in [4.69, 9.17) is 47.6 Å². The van der Waals surface area contributed by atoms with Gasteiger partial charge in [-0.3, -0.25) is 0 Å². The number of aromatic carboxylic acids is 1. The molecule has 0 aliphatic rings. The van der Waals surface area contributed by atoms with E-state index < -0.39 is 11.9 Å². The molecule has 0 unspecified atom stereocenters. The second kappa shape index (κ2) is 15.9. The summed E-state index contributed by atoms with van der Waals surface area (Å²) >= 11 is 12.3. The number of esters is 1. The molecule has 0 radical (unpaired) electrons. The molecule has 0 aliphatic heterocycles. The maximum Gasteiger partial charge on any atom is 0.337 e. The van der Waals surface area contributed by atoms with Crippen LogP contribution in [0, 0.1) is 13.8 Å². The summed E-state index contributed by atoms with van der Waals surface area (Å²) < 4.78 is 14.7. The molecule has 2 aromatic heterocycles. The number of aliphatic hydroxyl groups excluding tert-OH is 1. The average Bonchev–Trinajstić information content (AvgIpc) is 3.51. The third-order valence-electron chi connectivity index (χ3n) is 5.63. The Bertz CT molecular complexity index is 1480. The summed E-state index contributed by atoms with van der Waals surface area (Å²) in [5, 5.41) is 16.8. The second-order valence-corrected chi connectivity index (χ2v) is 9.17. The van der Waals surface area contributed by atoms with Gasteiger partial charge < -0.3 is 34.4 Å². The van der Waals surface area contributed by atoms with E-state index in [-0.39, 0.29) is 5.56 Å². The van der Waals surface area contributed by atoms with Crippen LogP contribution in [0.15, 0.2) is 36.4 Å². The third kappa shape index (κ3) is 8.62. The molecule has 220 valence electrons. The zero-order valence-electron chi connectivity index (χ0n) is 23.5. The Balaban J connectivity index is 0.000000271. The molecule has 41 heavy (non-hydrogen) atoms. The Hall–Kier alpha value is -3.74. The van der Waals surface area contributed by atoms with Crippen LogP contribution < -0.4 is 0 Å². The van der Waals surface area contributed by atoms with Crippen molar-refractivity contribution in [3.8, 4) is 22.5 Å². The number of methoxy groups -OCH3 is 3. The minimum absolute atomic E-state index is 0.202. The number of aliphatic hydroxyl groups is 1. The first kappa shape index (κ1) is 33.5. The molecule has 4 aromatic rings. The Morgan fingerprint density at radius 1 is 0.780 bits per heavy atom. The summed E-state index contributed by atoms with van der Waals surface area (Å²) in [5.41, 5.74) is 5.15. The largest absolute Gasteiger partial charge is 0.478 e. The van der Waals surface area contributed by atoms with E-state index in [1.54, 1.807) is 44.6 Å². The zero-order chi connectivity index (χ0) is 30.7. The molecule has 0 aliphatic carbocycles. The number of carbonyl (C=O) groups is 2. The highest BCUT2D eigenvalue weighted by Crippen LogP contribution is 2.30. The van der Waals surface area contributed by atoms with Crippen LogP contribution in [-0.4, -0.2) is 70.5 Å². The summed E-state index contributed by atoms with van der Waals surface area (Å²) in [7, 11) is 5.49. The van der Waals surface area contributed by atoms with Crippen LogP contribution >= 0.6 is 23.2 Å². The molecule has 2 aromatic carbocycles. The smallest absolute Gasteiger partial charge is 0.337 e. The number of aromatic nitrogens is 4. The normalized spacial score (nSPS) is 10.3. The first-order valence-corrected chi connectivity index (χ1v) is 12.8. The molecule has 0 bridgehead atoms. The van der Waals surface area contributed by atoms with Crippen molar-refractivity contribution in [3.05, 3.63) is 80.6 Å². The molecular weight excluding hydrogens is 575 g/mol. The number of carbonyl (C=O) groups excluding carboxylic acids is 1. The van der Waals surface area contributed by atoms with Crippen molar-refractivity contribution in [1.29, 1.82) is 0 Å². The SMILES string of the molecule is CO.COCc1nc(-c2cc(C(=O)O)ccc2C)c(Cl)[nH]1.COCc1nc(-c2cc(C(=O)OC)ccc2C)c(Cl)[nH]1. The number of benzene rings is 2. The molecule has 0 fully saturated rings. The molecule has 0 saturated carbocycles. The molecule has 0 atom stereocenters. The number of halogens is 2. The number of hydrogen-bond donors (Lipinski definition) is 4. The van der Waals surface area contributed by atoms with E-state index in [2.05, 4.69) is 19.9 Å². The predicted molar refractivity (Wildman–Crippen MR) is 155 cm³/mol. The van der Waals surface area contributed by atoms with Crippen molar-refractivity contribution in [3.63, 3.8) is 0 Å². The van der Waals surface area contributed by atoms with Gasteiger partial charge in [0.2, 0.25) is 0 Å². The van der Waals surface area contributed by atoms with Gasteiger partial charge in [-0.2, -0.15) is 0 Å². The number of nitrogens with zero attached hydrogens (tertiary/aromatic N) is 2. The fourth-order valence-electron chi connectivity index (χ4n) is 3.69. The maximum absolute atomic E-state index is 11.6. The lowest BCUT2D eigenvalue weighted by molar-refractivity contribution is 0.0600. The van der Waals surface area contributed by atoms with Gasteiger partial charge in [0.15, 0.2) is 0 Å². The lowest BCUT2D eigenvalue weighted by Gasteiger charge is -2.06. The molecule has 2 heterocycles. The zero-order valence-corrected chi connectivity index (χ0v) is 25.0. The van der Waals surface area contributed by atoms with E-state index in [9.17, 15) is 9.59 Å². The summed E-state index contributed by atoms with van der Waals surface area (Å²) in [6.07, 6.45) is 0. The Morgan fingerprint density at radius 3 is 1.59 bits per heavy atom. The first-order chi connectivity index (χ1) is 19.6. The molecule has 4 rings (SSSR count). The van der Waals surface area contributed by atoms with Crippen molar-refractivity contribution < 1.29 is 34.0 Å². The third-order valence-corrected chi connectivity index (χ3v) is 6.18. The van der Waals surface area contributed by atoms with Crippen LogP contribution in [0.4, 0.5) is 0 Å². The van der Waals surface area contributed by atoms with Gasteiger partial charge in [-0.1, -0.05) is 35.3 Å². The fourth-order valence-corrected chi connectivity index (χ4v) is 4.20. The predicted octanol–water partition coefficient (Wildman–Crippen LogP) is 5.46. The van der Waals surface area contributed by atoms with Gasteiger partial charge in [-0.15, -0.1) is 0 Å². The van der Waals surface area contributed by atoms with E-state index in [0.29, 0.717) is 57.7 Å². The highest BCUT2D eigenvalue weighted by molar-refractivity contribution is 6.32. The Kier molecular flexibility index (Phi) is 13.0. The van der Waals surface area contributed by atoms with Crippen molar-refractivity contribution in [2.45, 2.75) is 27.1 Å². The number of aromatic amines is 2. The van der Waals surface area contributed by atoms with Gasteiger partial charge in [0.1, 0.15) is 46.6 Å². The van der Waals surface area contributed by atoms with Crippen LogP contribution in [0.3, 0.4) is 0 Å². The number of rotatable bonds is 8. The van der Waals surface area contributed by atoms with E-state index in [0.717, 1.165) is 23.8 Å². The number of H-pyrrole nitrogens is 2. The number of nitrogens with one attached hydrogen (secondary N) is 2. The van der Waals surface area contributed by atoms with Crippen molar-refractivity contribution in [1.82, 2.24) is 19.9 Å². The molecule has 11 nitrogen and oxygen atoms in total. The molecule has 4 N–H and O–H groups in total. The second-order valence-electron chi connectivity index (χ2n) is 8.41. The molecule has 0 amide bonds. The first-order valence-electron chi connectivity index (χ1n) is 12.0. The Morgan fingerprint density at radius 2 is 1.20 bits per heavy atom. The lowest BCUT2D eigenvalue weighted by Crippen LogP contribution is -2.01. The van der Waals surface area contributed by atoms with Crippen molar-refractivity contribution in [2.75, 3.05) is 28.4 Å². The monoisotopic (exact) mass is 606 g/mol. The number of ether oxygens (including phenoxy) is 3. The molecular formula is C28H32Cl2N4O7. The van der Waals surface area contributed by atoms with Gasteiger partial charge in [0.25, 0.3) is 0 Å². The fraction of sp³-hybridized carbons (Fsp3) is 0.286. The van der Waals surface area contributed by atoms with Crippen LogP contribution in [0.1, 0.15) is 43.5 Å². The number of imidazole rings is 2. The topological polar surface area (TPSA) is 160 Å². The van der Waals surface area contributed by atoms with Crippen LogP contribution in [0.5, 0.6) is 0 Å². The van der Waals surface area contributed by atoms with Gasteiger partial charge >= 0.3 is 11.9 Å². The number of carboxylic acids is 1. The van der Waals surface area contributed by atoms with Gasteiger partial charge in [-0.05, 0) is 49.2 Å². The Labute approximate surface area is 247 Å². The lowest BCUT2D eigenvalue weighted by atomic mass is 10.0. The molecule has 13 heteroatoms. The summed E-state index contributed by atoms with van der Waals surface area (Å²) in [5.74, 6) is -0.141. The van der Waals surface area contributed by atoms with E-state index in [1.165, 1.54) is 7.11 Å². The molecule has 0 saturated heterocycles. The average molecular weight is 607 g/mol. The highest BCUT2D eigenvalue weighted by Gasteiger charge is 2.16.